The Hall–Kier alpha value is -2.43. The maximum absolute atomic E-state index is 12.9. The van der Waals surface area contributed by atoms with Gasteiger partial charge in [0, 0.05) is 18.2 Å². The quantitative estimate of drug-likeness (QED) is 0.894. The topological polar surface area (TPSA) is 49.3 Å². The molecule has 0 spiro atoms. The van der Waals surface area contributed by atoms with Crippen LogP contribution < -0.4 is 5.32 Å². The molecule has 0 atom stereocenters. The van der Waals surface area contributed by atoms with Gasteiger partial charge in [0.1, 0.15) is 17.4 Å². The summed E-state index contributed by atoms with van der Waals surface area (Å²) < 4.78 is 25.9. The fraction of sp³-hybridized carbons (Fsp3) is 0.0714. The number of aromatic hydroxyl groups is 1. The zero-order valence-electron chi connectivity index (χ0n) is 9.86. The highest BCUT2D eigenvalue weighted by Crippen LogP contribution is 2.10. The predicted octanol–water partition coefficient (Wildman–Crippen LogP) is 2.60. The maximum Gasteiger partial charge on any atom is 0.251 e. The third kappa shape index (κ3) is 3.51. The number of halogens is 2. The van der Waals surface area contributed by atoms with E-state index in [2.05, 4.69) is 5.32 Å². The number of nitrogens with one attached hydrogen (secondary N) is 1. The van der Waals surface area contributed by atoms with Gasteiger partial charge in [0.15, 0.2) is 0 Å². The van der Waals surface area contributed by atoms with E-state index < -0.39 is 17.5 Å². The van der Waals surface area contributed by atoms with Crippen LogP contribution in [0.2, 0.25) is 0 Å². The molecule has 0 aliphatic carbocycles. The first-order valence-corrected chi connectivity index (χ1v) is 5.57. The Bertz CT molecular complexity index is 577. The van der Waals surface area contributed by atoms with Gasteiger partial charge >= 0.3 is 0 Å². The van der Waals surface area contributed by atoms with Crippen molar-refractivity contribution < 1.29 is 18.7 Å². The number of phenolic OH excluding ortho intramolecular Hbond substituents is 1. The van der Waals surface area contributed by atoms with Crippen molar-refractivity contribution in [1.82, 2.24) is 5.32 Å². The van der Waals surface area contributed by atoms with Crippen molar-refractivity contribution in [2.24, 2.45) is 0 Å². The Labute approximate surface area is 108 Å². The van der Waals surface area contributed by atoms with Crippen LogP contribution in [0, 0.1) is 11.6 Å². The summed E-state index contributed by atoms with van der Waals surface area (Å²) >= 11 is 0. The maximum atomic E-state index is 12.9. The fourth-order valence-electron chi connectivity index (χ4n) is 1.58. The highest BCUT2D eigenvalue weighted by atomic mass is 19.1. The number of benzene rings is 2. The minimum atomic E-state index is -0.796. The highest BCUT2D eigenvalue weighted by molar-refractivity contribution is 5.94. The molecule has 98 valence electrons. The molecule has 0 aliphatic heterocycles. The van der Waals surface area contributed by atoms with E-state index in [1.807, 2.05) is 0 Å². The average Bonchev–Trinajstić information content (AvgIpc) is 2.36. The first kappa shape index (κ1) is 13.0. The number of hydrogen-bond acceptors (Lipinski definition) is 2. The van der Waals surface area contributed by atoms with Crippen LogP contribution in [-0.2, 0) is 6.54 Å². The molecule has 0 unspecified atom stereocenters. The van der Waals surface area contributed by atoms with Crippen molar-refractivity contribution in [3.8, 4) is 5.75 Å². The molecule has 5 heteroatoms. The number of phenols is 1. The monoisotopic (exact) mass is 263 g/mol. The zero-order chi connectivity index (χ0) is 13.8. The average molecular weight is 263 g/mol. The van der Waals surface area contributed by atoms with Gasteiger partial charge in [-0.2, -0.15) is 0 Å². The van der Waals surface area contributed by atoms with Crippen LogP contribution in [0.25, 0.3) is 0 Å². The van der Waals surface area contributed by atoms with Crippen molar-refractivity contribution in [3.63, 3.8) is 0 Å². The second kappa shape index (κ2) is 5.48. The number of carbonyl (C=O) groups excluding carboxylic acids is 1. The van der Waals surface area contributed by atoms with Gasteiger partial charge < -0.3 is 10.4 Å². The van der Waals surface area contributed by atoms with E-state index in [0.29, 0.717) is 6.07 Å². The van der Waals surface area contributed by atoms with Crippen LogP contribution in [0.5, 0.6) is 5.75 Å². The van der Waals surface area contributed by atoms with Crippen LogP contribution in [0.3, 0.4) is 0 Å². The van der Waals surface area contributed by atoms with E-state index in [0.717, 1.165) is 17.7 Å². The summed E-state index contributed by atoms with van der Waals surface area (Å²) in [7, 11) is 0. The smallest absolute Gasteiger partial charge is 0.251 e. The molecule has 3 nitrogen and oxygen atoms in total. The van der Waals surface area contributed by atoms with E-state index in [9.17, 15) is 13.6 Å². The van der Waals surface area contributed by atoms with Gasteiger partial charge in [0.05, 0.1) is 0 Å². The van der Waals surface area contributed by atoms with Crippen molar-refractivity contribution >= 4 is 5.91 Å². The summed E-state index contributed by atoms with van der Waals surface area (Å²) in [5.74, 6) is -2.03. The van der Waals surface area contributed by atoms with Gasteiger partial charge in [-0.1, -0.05) is 12.1 Å². The third-order valence-corrected chi connectivity index (χ3v) is 2.51. The lowest BCUT2D eigenvalue weighted by atomic mass is 10.2. The van der Waals surface area contributed by atoms with Crippen molar-refractivity contribution in [3.05, 3.63) is 65.2 Å². The van der Waals surface area contributed by atoms with E-state index in [1.165, 1.54) is 12.1 Å². The molecule has 0 saturated heterocycles. The summed E-state index contributed by atoms with van der Waals surface area (Å²) in [6.07, 6.45) is 0. The molecule has 0 bridgehead atoms. The molecule has 0 fully saturated rings. The van der Waals surface area contributed by atoms with Crippen LogP contribution in [0.15, 0.2) is 42.5 Å². The molecular weight excluding hydrogens is 252 g/mol. The molecule has 0 aromatic heterocycles. The SMILES string of the molecule is O=C(NCc1ccc(O)cc1)c1cc(F)cc(F)c1. The van der Waals surface area contributed by atoms with Gasteiger partial charge in [0.25, 0.3) is 5.91 Å². The summed E-state index contributed by atoms with van der Waals surface area (Å²) in [6.45, 7) is 0.206. The van der Waals surface area contributed by atoms with Gasteiger partial charge in [-0.05, 0) is 29.8 Å². The predicted molar refractivity (Wildman–Crippen MR) is 65.6 cm³/mol. The Kier molecular flexibility index (Phi) is 3.75. The Morgan fingerprint density at radius 2 is 1.63 bits per heavy atom. The van der Waals surface area contributed by atoms with Crippen LogP contribution >= 0.6 is 0 Å². The van der Waals surface area contributed by atoms with Gasteiger partial charge in [-0.25, -0.2) is 8.78 Å². The van der Waals surface area contributed by atoms with Crippen LogP contribution in [0.4, 0.5) is 8.78 Å². The lowest BCUT2D eigenvalue weighted by molar-refractivity contribution is 0.0950. The summed E-state index contributed by atoms with van der Waals surface area (Å²) in [6, 6.07) is 8.90. The zero-order valence-corrected chi connectivity index (χ0v) is 9.86. The van der Waals surface area contributed by atoms with E-state index in [4.69, 9.17) is 5.11 Å². The molecule has 2 aromatic rings. The van der Waals surface area contributed by atoms with Crippen molar-refractivity contribution in [2.75, 3.05) is 0 Å². The normalized spacial score (nSPS) is 10.2. The first-order valence-electron chi connectivity index (χ1n) is 5.57. The molecule has 19 heavy (non-hydrogen) atoms. The number of rotatable bonds is 3. The van der Waals surface area contributed by atoms with Crippen LogP contribution in [-0.4, -0.2) is 11.0 Å². The molecule has 2 N–H and O–H groups in total. The molecule has 2 aromatic carbocycles. The van der Waals surface area contributed by atoms with Crippen molar-refractivity contribution in [1.29, 1.82) is 0 Å². The molecule has 1 amide bonds. The number of amides is 1. The molecule has 0 heterocycles. The van der Waals surface area contributed by atoms with E-state index in [-0.39, 0.29) is 17.9 Å². The minimum Gasteiger partial charge on any atom is -0.508 e. The Morgan fingerprint density at radius 1 is 1.05 bits per heavy atom. The summed E-state index contributed by atoms with van der Waals surface area (Å²) in [5.41, 5.74) is 0.694. The van der Waals surface area contributed by atoms with Crippen molar-refractivity contribution in [2.45, 2.75) is 6.54 Å². The molecule has 0 radical (unpaired) electrons. The first-order chi connectivity index (χ1) is 9.04. The molecule has 2 rings (SSSR count). The second-order valence-corrected chi connectivity index (χ2v) is 4.01. The highest BCUT2D eigenvalue weighted by Gasteiger charge is 2.08. The summed E-state index contributed by atoms with van der Waals surface area (Å²) in [4.78, 5) is 11.7. The molecular formula is C14H11F2NO2. The van der Waals surface area contributed by atoms with E-state index >= 15 is 0 Å². The number of carbonyl (C=O) groups is 1. The lowest BCUT2D eigenvalue weighted by Crippen LogP contribution is -2.23. The molecule has 0 aliphatic rings. The molecule has 0 saturated carbocycles. The number of hydrogen-bond donors (Lipinski definition) is 2. The van der Waals surface area contributed by atoms with Crippen LogP contribution in [0.1, 0.15) is 15.9 Å². The Morgan fingerprint density at radius 3 is 2.21 bits per heavy atom. The largest absolute Gasteiger partial charge is 0.508 e. The van der Waals surface area contributed by atoms with Gasteiger partial charge in [0.2, 0.25) is 0 Å². The van der Waals surface area contributed by atoms with Gasteiger partial charge in [-0.15, -0.1) is 0 Å². The van der Waals surface area contributed by atoms with E-state index in [1.54, 1.807) is 12.1 Å². The fourth-order valence-corrected chi connectivity index (χ4v) is 1.58. The third-order valence-electron chi connectivity index (χ3n) is 2.51. The standard InChI is InChI=1S/C14H11F2NO2/c15-11-5-10(6-12(16)7-11)14(19)17-8-9-1-3-13(18)4-2-9/h1-7,18H,8H2,(H,17,19). The lowest BCUT2D eigenvalue weighted by Gasteiger charge is -2.06. The Balaban J connectivity index is 2.03. The van der Waals surface area contributed by atoms with Gasteiger partial charge in [-0.3, -0.25) is 4.79 Å². The second-order valence-electron chi connectivity index (χ2n) is 4.01. The summed E-state index contributed by atoms with van der Waals surface area (Å²) in [5, 5.41) is 11.6. The minimum absolute atomic E-state index is 0.0729.